The van der Waals surface area contributed by atoms with E-state index in [0.717, 1.165) is 19.3 Å². The van der Waals surface area contributed by atoms with Crippen LogP contribution < -0.4 is 0 Å². The van der Waals surface area contributed by atoms with E-state index in [4.69, 9.17) is 4.74 Å². The number of unbranched alkanes of at least 4 members (excludes halogenated alkanes) is 1. The first-order chi connectivity index (χ1) is 5.70. The summed E-state index contributed by atoms with van der Waals surface area (Å²) in [4.78, 5) is 10.6. The topological polar surface area (TPSA) is 26.3 Å². The SMILES string of the molecule is C=CC(=O)OCC(S)CCCC. The van der Waals surface area contributed by atoms with Crippen LogP contribution in [0.1, 0.15) is 26.2 Å². The predicted molar refractivity (Wildman–Crippen MR) is 53.5 cm³/mol. The molecule has 70 valence electrons. The Bertz CT molecular complexity index is 145. The standard InChI is InChI=1S/C9H16O2S/c1-3-5-6-8(12)7-11-9(10)4-2/h4,8,12H,2-3,5-7H2,1H3. The maximum atomic E-state index is 10.6. The predicted octanol–water partition coefficient (Wildman–Crippen LogP) is 2.20. The lowest BCUT2D eigenvalue weighted by molar-refractivity contribution is -0.137. The molecule has 0 aliphatic rings. The van der Waals surface area contributed by atoms with Crippen LogP contribution in [0.15, 0.2) is 12.7 Å². The molecule has 0 fully saturated rings. The van der Waals surface area contributed by atoms with Crippen molar-refractivity contribution in [3.63, 3.8) is 0 Å². The van der Waals surface area contributed by atoms with E-state index in [9.17, 15) is 4.79 Å². The molecule has 2 nitrogen and oxygen atoms in total. The van der Waals surface area contributed by atoms with E-state index < -0.39 is 0 Å². The number of rotatable bonds is 6. The molecule has 0 heterocycles. The first-order valence-electron chi connectivity index (χ1n) is 4.18. The summed E-state index contributed by atoms with van der Waals surface area (Å²) in [5.41, 5.74) is 0. The van der Waals surface area contributed by atoms with Gasteiger partial charge in [-0.05, 0) is 6.42 Å². The molecular formula is C9H16O2S. The molecule has 0 amide bonds. The first kappa shape index (κ1) is 11.6. The van der Waals surface area contributed by atoms with E-state index in [-0.39, 0.29) is 11.2 Å². The zero-order valence-corrected chi connectivity index (χ0v) is 8.35. The van der Waals surface area contributed by atoms with Gasteiger partial charge >= 0.3 is 5.97 Å². The molecule has 0 saturated carbocycles. The van der Waals surface area contributed by atoms with Crippen molar-refractivity contribution < 1.29 is 9.53 Å². The zero-order valence-electron chi connectivity index (χ0n) is 7.45. The monoisotopic (exact) mass is 188 g/mol. The molecule has 0 aliphatic heterocycles. The van der Waals surface area contributed by atoms with Crippen molar-refractivity contribution in [1.82, 2.24) is 0 Å². The number of esters is 1. The van der Waals surface area contributed by atoms with Crippen LogP contribution in [-0.4, -0.2) is 17.8 Å². The Labute approximate surface area is 79.4 Å². The van der Waals surface area contributed by atoms with Gasteiger partial charge in [0.1, 0.15) is 6.61 Å². The van der Waals surface area contributed by atoms with E-state index in [1.54, 1.807) is 0 Å². The van der Waals surface area contributed by atoms with Crippen LogP contribution >= 0.6 is 12.6 Å². The molecule has 0 N–H and O–H groups in total. The van der Waals surface area contributed by atoms with E-state index in [1.165, 1.54) is 6.08 Å². The quantitative estimate of drug-likeness (QED) is 0.393. The van der Waals surface area contributed by atoms with Crippen molar-refractivity contribution in [2.45, 2.75) is 31.4 Å². The van der Waals surface area contributed by atoms with Crippen molar-refractivity contribution >= 4 is 18.6 Å². The Morgan fingerprint density at radius 2 is 2.42 bits per heavy atom. The molecule has 0 aliphatic carbocycles. The summed E-state index contributed by atoms with van der Waals surface area (Å²) in [5.74, 6) is -0.370. The normalized spacial score (nSPS) is 12.2. The summed E-state index contributed by atoms with van der Waals surface area (Å²) in [6.07, 6.45) is 4.43. The molecule has 0 saturated heterocycles. The Hall–Kier alpha value is -0.440. The maximum absolute atomic E-state index is 10.6. The van der Waals surface area contributed by atoms with Gasteiger partial charge in [0, 0.05) is 11.3 Å². The second kappa shape index (κ2) is 7.22. The van der Waals surface area contributed by atoms with Gasteiger partial charge in [0.05, 0.1) is 0 Å². The van der Waals surface area contributed by atoms with Crippen molar-refractivity contribution in [2.24, 2.45) is 0 Å². The highest BCUT2D eigenvalue weighted by atomic mass is 32.1. The van der Waals surface area contributed by atoms with Gasteiger partial charge in [-0.25, -0.2) is 4.79 Å². The van der Waals surface area contributed by atoms with Crippen LogP contribution in [0.2, 0.25) is 0 Å². The van der Waals surface area contributed by atoms with Crippen molar-refractivity contribution in [3.8, 4) is 0 Å². The summed E-state index contributed by atoms with van der Waals surface area (Å²) >= 11 is 4.27. The van der Waals surface area contributed by atoms with Gasteiger partial charge in [0.15, 0.2) is 0 Å². The Balaban J connectivity index is 3.36. The van der Waals surface area contributed by atoms with Crippen LogP contribution in [0.3, 0.4) is 0 Å². The van der Waals surface area contributed by atoms with Gasteiger partial charge in [-0.3, -0.25) is 0 Å². The molecule has 0 bridgehead atoms. The van der Waals surface area contributed by atoms with Crippen LogP contribution in [0.4, 0.5) is 0 Å². The molecule has 0 aromatic heterocycles. The zero-order chi connectivity index (χ0) is 9.40. The highest BCUT2D eigenvalue weighted by molar-refractivity contribution is 7.81. The van der Waals surface area contributed by atoms with Crippen molar-refractivity contribution in [2.75, 3.05) is 6.61 Å². The van der Waals surface area contributed by atoms with Gasteiger partial charge in [-0.15, -0.1) is 0 Å². The van der Waals surface area contributed by atoms with E-state index in [1.807, 2.05) is 0 Å². The Morgan fingerprint density at radius 3 is 2.92 bits per heavy atom. The van der Waals surface area contributed by atoms with Gasteiger partial charge < -0.3 is 4.74 Å². The second-order valence-electron chi connectivity index (χ2n) is 2.63. The maximum Gasteiger partial charge on any atom is 0.330 e. The molecular weight excluding hydrogens is 172 g/mol. The highest BCUT2D eigenvalue weighted by Gasteiger charge is 2.04. The minimum Gasteiger partial charge on any atom is -0.461 e. The number of ether oxygens (including phenoxy) is 1. The third kappa shape index (κ3) is 6.28. The van der Waals surface area contributed by atoms with Gasteiger partial charge in [-0.1, -0.05) is 26.3 Å². The third-order valence-corrected chi connectivity index (χ3v) is 1.88. The fourth-order valence-corrected chi connectivity index (χ4v) is 1.02. The van der Waals surface area contributed by atoms with Crippen LogP contribution in [0, 0.1) is 0 Å². The molecule has 0 aromatic carbocycles. The largest absolute Gasteiger partial charge is 0.461 e. The molecule has 0 spiro atoms. The minimum atomic E-state index is -0.370. The number of hydrogen-bond donors (Lipinski definition) is 1. The molecule has 1 unspecified atom stereocenters. The molecule has 0 aromatic rings. The third-order valence-electron chi connectivity index (χ3n) is 1.48. The lowest BCUT2D eigenvalue weighted by Crippen LogP contribution is -2.12. The number of carbonyl (C=O) groups excluding carboxylic acids is 1. The number of hydrogen-bond acceptors (Lipinski definition) is 3. The lowest BCUT2D eigenvalue weighted by Gasteiger charge is -2.08. The van der Waals surface area contributed by atoms with Gasteiger partial charge in [0.25, 0.3) is 0 Å². The second-order valence-corrected chi connectivity index (χ2v) is 3.36. The van der Waals surface area contributed by atoms with Crippen LogP contribution in [0.5, 0.6) is 0 Å². The fourth-order valence-electron chi connectivity index (χ4n) is 0.760. The average Bonchev–Trinajstić information content (AvgIpc) is 2.10. The summed E-state index contributed by atoms with van der Waals surface area (Å²) < 4.78 is 4.82. The van der Waals surface area contributed by atoms with Crippen molar-refractivity contribution in [1.29, 1.82) is 0 Å². The molecule has 1 atom stereocenters. The average molecular weight is 188 g/mol. The van der Waals surface area contributed by atoms with Crippen molar-refractivity contribution in [3.05, 3.63) is 12.7 Å². The van der Waals surface area contributed by atoms with E-state index in [0.29, 0.717) is 6.61 Å². The summed E-state index contributed by atoms with van der Waals surface area (Å²) in [5, 5.41) is 0.161. The Kier molecular flexibility index (Phi) is 6.96. The smallest absolute Gasteiger partial charge is 0.330 e. The Morgan fingerprint density at radius 1 is 1.75 bits per heavy atom. The van der Waals surface area contributed by atoms with E-state index >= 15 is 0 Å². The fraction of sp³-hybridized carbons (Fsp3) is 0.667. The first-order valence-corrected chi connectivity index (χ1v) is 4.69. The van der Waals surface area contributed by atoms with E-state index in [2.05, 4.69) is 26.1 Å². The minimum absolute atomic E-state index is 0.161. The summed E-state index contributed by atoms with van der Waals surface area (Å²) in [6, 6.07) is 0. The molecule has 12 heavy (non-hydrogen) atoms. The molecule has 3 heteroatoms. The van der Waals surface area contributed by atoms with Crippen LogP contribution in [0.25, 0.3) is 0 Å². The molecule has 0 rings (SSSR count). The molecule has 0 radical (unpaired) electrons. The van der Waals surface area contributed by atoms with Gasteiger partial charge in [-0.2, -0.15) is 12.6 Å². The van der Waals surface area contributed by atoms with Gasteiger partial charge in [0.2, 0.25) is 0 Å². The highest BCUT2D eigenvalue weighted by Crippen LogP contribution is 2.07. The number of carbonyl (C=O) groups is 1. The summed E-state index contributed by atoms with van der Waals surface area (Å²) in [7, 11) is 0. The number of thiol groups is 1. The van der Waals surface area contributed by atoms with Crippen LogP contribution in [-0.2, 0) is 9.53 Å². The summed E-state index contributed by atoms with van der Waals surface area (Å²) in [6.45, 7) is 5.81. The lowest BCUT2D eigenvalue weighted by atomic mass is 10.2.